The molecule has 0 bridgehead atoms. The minimum Gasteiger partial charge on any atom is -0.304 e. The Labute approximate surface area is 120 Å². The molecule has 1 saturated heterocycles. The van der Waals surface area contributed by atoms with E-state index in [1.165, 1.54) is 56.5 Å². The van der Waals surface area contributed by atoms with E-state index in [-0.39, 0.29) is 0 Å². The Balaban J connectivity index is 1.61. The van der Waals surface area contributed by atoms with Gasteiger partial charge in [-0.25, -0.2) is 4.98 Å². The Morgan fingerprint density at radius 2 is 2.15 bits per heavy atom. The van der Waals surface area contributed by atoms with Crippen molar-refractivity contribution in [2.75, 3.05) is 19.6 Å². The zero-order valence-electron chi connectivity index (χ0n) is 12.3. The molecule has 3 nitrogen and oxygen atoms in total. The third kappa shape index (κ3) is 2.24. The molecule has 3 heteroatoms. The molecule has 1 saturated carbocycles. The van der Waals surface area contributed by atoms with E-state index < -0.39 is 0 Å². The predicted octanol–water partition coefficient (Wildman–Crippen LogP) is 3.23. The van der Waals surface area contributed by atoms with Crippen LogP contribution in [0.1, 0.15) is 43.1 Å². The molecule has 106 valence electrons. The van der Waals surface area contributed by atoms with Crippen LogP contribution in [0.4, 0.5) is 0 Å². The van der Waals surface area contributed by atoms with E-state index in [9.17, 15) is 0 Å². The van der Waals surface area contributed by atoms with E-state index in [1.807, 2.05) is 0 Å². The maximum absolute atomic E-state index is 4.88. The van der Waals surface area contributed by atoms with Crippen molar-refractivity contribution >= 4 is 5.52 Å². The van der Waals surface area contributed by atoms with Crippen LogP contribution in [-0.2, 0) is 0 Å². The SMILES string of the molecule is Cc1nc([C@H]2CCCN(CC3CC3)C2)c2ccccn12. The largest absolute Gasteiger partial charge is 0.304 e. The summed E-state index contributed by atoms with van der Waals surface area (Å²) in [4.78, 5) is 7.55. The smallest absolute Gasteiger partial charge is 0.110 e. The Morgan fingerprint density at radius 1 is 1.25 bits per heavy atom. The summed E-state index contributed by atoms with van der Waals surface area (Å²) >= 11 is 0. The maximum Gasteiger partial charge on any atom is 0.110 e. The summed E-state index contributed by atoms with van der Waals surface area (Å²) < 4.78 is 2.23. The van der Waals surface area contributed by atoms with Gasteiger partial charge >= 0.3 is 0 Å². The molecule has 0 radical (unpaired) electrons. The fourth-order valence-corrected chi connectivity index (χ4v) is 3.63. The van der Waals surface area contributed by atoms with E-state index >= 15 is 0 Å². The topological polar surface area (TPSA) is 20.5 Å². The summed E-state index contributed by atoms with van der Waals surface area (Å²) in [5.74, 6) is 2.73. The zero-order chi connectivity index (χ0) is 13.5. The molecule has 2 fully saturated rings. The first kappa shape index (κ1) is 12.4. The second kappa shape index (κ2) is 4.88. The molecule has 2 aromatic rings. The van der Waals surface area contributed by atoms with Gasteiger partial charge < -0.3 is 9.30 Å². The quantitative estimate of drug-likeness (QED) is 0.852. The van der Waals surface area contributed by atoms with Crippen molar-refractivity contribution in [2.24, 2.45) is 5.92 Å². The first-order chi connectivity index (χ1) is 9.81. The van der Waals surface area contributed by atoms with E-state index in [0.717, 1.165) is 11.7 Å². The van der Waals surface area contributed by atoms with Crippen LogP contribution in [0.15, 0.2) is 24.4 Å². The highest BCUT2D eigenvalue weighted by atomic mass is 15.1. The summed E-state index contributed by atoms with van der Waals surface area (Å²) in [6.45, 7) is 5.93. The molecule has 1 aliphatic carbocycles. The van der Waals surface area contributed by atoms with Crippen LogP contribution in [0.2, 0.25) is 0 Å². The van der Waals surface area contributed by atoms with E-state index in [4.69, 9.17) is 4.98 Å². The van der Waals surface area contributed by atoms with Gasteiger partial charge in [0.2, 0.25) is 0 Å². The Hall–Kier alpha value is -1.35. The number of rotatable bonds is 3. The van der Waals surface area contributed by atoms with Gasteiger partial charge in [0, 0.05) is 25.2 Å². The number of hydrogen-bond donors (Lipinski definition) is 0. The molecule has 0 amide bonds. The lowest BCUT2D eigenvalue weighted by Crippen LogP contribution is -2.35. The van der Waals surface area contributed by atoms with Crippen LogP contribution in [-0.4, -0.2) is 33.9 Å². The molecule has 0 spiro atoms. The van der Waals surface area contributed by atoms with Gasteiger partial charge in [0.15, 0.2) is 0 Å². The monoisotopic (exact) mass is 269 g/mol. The number of pyridine rings is 1. The molecule has 0 N–H and O–H groups in total. The average molecular weight is 269 g/mol. The number of hydrogen-bond acceptors (Lipinski definition) is 2. The molecule has 0 unspecified atom stereocenters. The number of imidazole rings is 1. The van der Waals surface area contributed by atoms with Crippen LogP contribution in [0, 0.1) is 12.8 Å². The number of nitrogens with zero attached hydrogens (tertiary/aromatic N) is 3. The maximum atomic E-state index is 4.88. The third-order valence-electron chi connectivity index (χ3n) is 4.86. The average Bonchev–Trinajstić information content (AvgIpc) is 3.22. The second-order valence-corrected chi connectivity index (χ2v) is 6.54. The molecule has 2 aromatic heterocycles. The van der Waals surface area contributed by atoms with Crippen LogP contribution in [0.25, 0.3) is 5.52 Å². The van der Waals surface area contributed by atoms with Gasteiger partial charge in [-0.3, -0.25) is 0 Å². The van der Waals surface area contributed by atoms with Gasteiger partial charge in [-0.05, 0) is 57.2 Å². The lowest BCUT2D eigenvalue weighted by molar-refractivity contribution is 0.199. The summed E-state index contributed by atoms with van der Waals surface area (Å²) in [5, 5.41) is 0. The molecule has 0 aromatic carbocycles. The fourth-order valence-electron chi connectivity index (χ4n) is 3.63. The molecular formula is C17H23N3. The minimum atomic E-state index is 0.619. The predicted molar refractivity (Wildman–Crippen MR) is 81.1 cm³/mol. The van der Waals surface area contributed by atoms with Gasteiger partial charge in [0.05, 0.1) is 11.2 Å². The molecule has 3 heterocycles. The van der Waals surface area contributed by atoms with Crippen LogP contribution >= 0.6 is 0 Å². The lowest BCUT2D eigenvalue weighted by atomic mass is 9.94. The highest BCUT2D eigenvalue weighted by Gasteiger charge is 2.29. The molecule has 4 rings (SSSR count). The molecule has 1 atom stereocenters. The Kier molecular flexibility index (Phi) is 3.03. The van der Waals surface area contributed by atoms with Gasteiger partial charge in [-0.15, -0.1) is 0 Å². The van der Waals surface area contributed by atoms with Crippen molar-refractivity contribution in [3.63, 3.8) is 0 Å². The fraction of sp³-hybridized carbons (Fsp3) is 0.588. The number of aromatic nitrogens is 2. The molecule has 2 aliphatic rings. The molecule has 1 aliphatic heterocycles. The normalized spacial score (nSPS) is 24.4. The third-order valence-corrected chi connectivity index (χ3v) is 4.86. The van der Waals surface area contributed by atoms with Gasteiger partial charge in [0.1, 0.15) is 5.82 Å². The van der Waals surface area contributed by atoms with Crippen molar-refractivity contribution in [3.05, 3.63) is 35.9 Å². The van der Waals surface area contributed by atoms with Crippen LogP contribution in [0.3, 0.4) is 0 Å². The highest BCUT2D eigenvalue weighted by molar-refractivity contribution is 5.54. The van der Waals surface area contributed by atoms with Crippen molar-refractivity contribution in [1.82, 2.24) is 14.3 Å². The summed E-state index contributed by atoms with van der Waals surface area (Å²) in [6.07, 6.45) is 7.65. The number of piperidine rings is 1. The minimum absolute atomic E-state index is 0.619. The zero-order valence-corrected chi connectivity index (χ0v) is 12.3. The number of fused-ring (bicyclic) bond motifs is 1. The van der Waals surface area contributed by atoms with Gasteiger partial charge in [-0.2, -0.15) is 0 Å². The van der Waals surface area contributed by atoms with Crippen molar-refractivity contribution in [1.29, 1.82) is 0 Å². The van der Waals surface area contributed by atoms with Crippen LogP contribution in [0.5, 0.6) is 0 Å². The number of aryl methyl sites for hydroxylation is 1. The summed E-state index contributed by atoms with van der Waals surface area (Å²) in [6, 6.07) is 6.44. The van der Waals surface area contributed by atoms with Gasteiger partial charge in [-0.1, -0.05) is 6.07 Å². The summed E-state index contributed by atoms with van der Waals surface area (Å²) in [5.41, 5.74) is 2.63. The Morgan fingerprint density at radius 3 is 3.00 bits per heavy atom. The highest BCUT2D eigenvalue weighted by Crippen LogP contribution is 2.34. The van der Waals surface area contributed by atoms with E-state index in [0.29, 0.717) is 5.92 Å². The molecular weight excluding hydrogens is 246 g/mol. The lowest BCUT2D eigenvalue weighted by Gasteiger charge is -2.32. The first-order valence-corrected chi connectivity index (χ1v) is 7.97. The standard InChI is InChI=1S/C17H23N3/c1-13-18-17(16-6-2-3-10-20(13)16)15-5-4-9-19(12-15)11-14-7-8-14/h2-3,6,10,14-15H,4-5,7-9,11-12H2,1H3/t15-/m0/s1. The first-order valence-electron chi connectivity index (χ1n) is 7.97. The Bertz CT molecular complexity index is 612. The van der Waals surface area contributed by atoms with Crippen LogP contribution < -0.4 is 0 Å². The van der Waals surface area contributed by atoms with Gasteiger partial charge in [0.25, 0.3) is 0 Å². The van der Waals surface area contributed by atoms with E-state index in [2.05, 4.69) is 40.6 Å². The van der Waals surface area contributed by atoms with Crippen molar-refractivity contribution in [3.8, 4) is 0 Å². The van der Waals surface area contributed by atoms with Crippen molar-refractivity contribution < 1.29 is 0 Å². The van der Waals surface area contributed by atoms with E-state index in [1.54, 1.807) is 0 Å². The number of likely N-dealkylation sites (tertiary alicyclic amines) is 1. The second-order valence-electron chi connectivity index (χ2n) is 6.54. The summed E-state index contributed by atoms with van der Waals surface area (Å²) in [7, 11) is 0. The van der Waals surface area contributed by atoms with Crippen molar-refractivity contribution in [2.45, 2.75) is 38.5 Å². The molecule has 20 heavy (non-hydrogen) atoms.